The van der Waals surface area contributed by atoms with Gasteiger partial charge in [0.15, 0.2) is 0 Å². The lowest BCUT2D eigenvalue weighted by molar-refractivity contribution is 0.467. The van der Waals surface area contributed by atoms with E-state index in [0.29, 0.717) is 6.54 Å². The van der Waals surface area contributed by atoms with Crippen molar-refractivity contribution in [2.75, 3.05) is 6.54 Å². The minimum atomic E-state index is -3.10. The third kappa shape index (κ3) is 4.39. The Hall–Kier alpha value is -0.130. The maximum Gasteiger partial charge on any atom is 0.214 e. The fraction of sp³-hybridized carbons (Fsp3) is 1.00. The maximum absolute atomic E-state index is 12.0. The molecule has 0 aromatic rings. The second-order valence-corrected chi connectivity index (χ2v) is 6.75. The van der Waals surface area contributed by atoms with Gasteiger partial charge >= 0.3 is 0 Å². The maximum atomic E-state index is 12.0. The van der Waals surface area contributed by atoms with E-state index < -0.39 is 10.0 Å². The van der Waals surface area contributed by atoms with Gasteiger partial charge in [-0.25, -0.2) is 13.1 Å². The summed E-state index contributed by atoms with van der Waals surface area (Å²) in [6.45, 7) is 2.53. The molecule has 1 unspecified atom stereocenters. The molecule has 3 N–H and O–H groups in total. The van der Waals surface area contributed by atoms with Crippen LogP contribution in [0.1, 0.15) is 51.9 Å². The summed E-state index contributed by atoms with van der Waals surface area (Å²) in [7, 11) is -3.10. The van der Waals surface area contributed by atoms with Crippen LogP contribution in [0.15, 0.2) is 0 Å². The van der Waals surface area contributed by atoms with E-state index in [0.717, 1.165) is 38.5 Å². The molecule has 0 radical (unpaired) electrons. The summed E-state index contributed by atoms with van der Waals surface area (Å²) in [6.07, 6.45) is 6.59. The zero-order valence-electron chi connectivity index (χ0n) is 10.1. The van der Waals surface area contributed by atoms with E-state index in [2.05, 4.69) is 4.72 Å². The molecule has 0 heterocycles. The van der Waals surface area contributed by atoms with E-state index in [4.69, 9.17) is 5.73 Å². The van der Waals surface area contributed by atoms with Gasteiger partial charge in [-0.15, -0.1) is 0 Å². The SMILES string of the molecule is CC(CCCN)NS(=O)(=O)C1CCCCC1. The highest BCUT2D eigenvalue weighted by Gasteiger charge is 2.27. The summed E-state index contributed by atoms with van der Waals surface area (Å²) in [4.78, 5) is 0. The Bertz CT molecular complexity index is 284. The highest BCUT2D eigenvalue weighted by molar-refractivity contribution is 7.90. The molecule has 1 saturated carbocycles. The van der Waals surface area contributed by atoms with Crippen molar-refractivity contribution in [3.8, 4) is 0 Å². The van der Waals surface area contributed by atoms with Gasteiger partial charge in [0.1, 0.15) is 0 Å². The van der Waals surface area contributed by atoms with Crippen LogP contribution < -0.4 is 10.5 Å². The Morgan fingerprint density at radius 3 is 2.50 bits per heavy atom. The van der Waals surface area contributed by atoms with Gasteiger partial charge in [0.05, 0.1) is 5.25 Å². The van der Waals surface area contributed by atoms with E-state index >= 15 is 0 Å². The Kier molecular flexibility index (Phi) is 5.72. The fourth-order valence-electron chi connectivity index (χ4n) is 2.24. The van der Waals surface area contributed by atoms with Crippen LogP contribution in [-0.2, 0) is 10.0 Å². The van der Waals surface area contributed by atoms with E-state index in [1.807, 2.05) is 6.92 Å². The van der Waals surface area contributed by atoms with Crippen molar-refractivity contribution in [3.63, 3.8) is 0 Å². The van der Waals surface area contributed by atoms with Gasteiger partial charge in [-0.1, -0.05) is 19.3 Å². The lowest BCUT2D eigenvalue weighted by atomic mass is 10.0. The summed E-state index contributed by atoms with van der Waals surface area (Å²) >= 11 is 0. The molecule has 5 heteroatoms. The first kappa shape index (κ1) is 13.9. The second kappa shape index (κ2) is 6.57. The lowest BCUT2D eigenvalue weighted by Crippen LogP contribution is -2.40. The minimum absolute atomic E-state index is 0.00970. The van der Waals surface area contributed by atoms with Crippen molar-refractivity contribution in [2.24, 2.45) is 5.73 Å². The molecule has 1 rings (SSSR count). The molecule has 1 fully saturated rings. The van der Waals surface area contributed by atoms with Crippen LogP contribution >= 0.6 is 0 Å². The zero-order chi connectivity index (χ0) is 12.0. The quantitative estimate of drug-likeness (QED) is 0.745. The summed E-state index contributed by atoms with van der Waals surface area (Å²) < 4.78 is 26.8. The Morgan fingerprint density at radius 2 is 1.94 bits per heavy atom. The summed E-state index contributed by atoms with van der Waals surface area (Å²) in [5.41, 5.74) is 5.41. The van der Waals surface area contributed by atoms with Crippen molar-refractivity contribution in [3.05, 3.63) is 0 Å². The molecule has 96 valence electrons. The van der Waals surface area contributed by atoms with Crippen LogP contribution in [0.4, 0.5) is 0 Å². The van der Waals surface area contributed by atoms with Gasteiger partial charge in [-0.3, -0.25) is 0 Å². The first-order chi connectivity index (χ1) is 7.56. The molecule has 1 atom stereocenters. The van der Waals surface area contributed by atoms with Gasteiger partial charge in [-0.2, -0.15) is 0 Å². The average Bonchev–Trinajstić information content (AvgIpc) is 2.27. The molecule has 1 aliphatic rings. The van der Waals surface area contributed by atoms with Gasteiger partial charge in [-0.05, 0) is 39.2 Å². The summed E-state index contributed by atoms with van der Waals surface area (Å²) in [5, 5.41) is -0.165. The molecular formula is C11H24N2O2S. The number of nitrogens with two attached hydrogens (primary N) is 1. The zero-order valence-corrected chi connectivity index (χ0v) is 10.9. The average molecular weight is 248 g/mol. The molecule has 0 aromatic heterocycles. The minimum Gasteiger partial charge on any atom is -0.330 e. The van der Waals surface area contributed by atoms with Crippen molar-refractivity contribution < 1.29 is 8.42 Å². The molecule has 0 saturated heterocycles. The molecule has 0 aliphatic heterocycles. The van der Waals surface area contributed by atoms with Crippen LogP contribution in [0.5, 0.6) is 0 Å². The molecular weight excluding hydrogens is 224 g/mol. The number of nitrogens with one attached hydrogen (secondary N) is 1. The van der Waals surface area contributed by atoms with Crippen molar-refractivity contribution in [1.82, 2.24) is 4.72 Å². The third-order valence-corrected chi connectivity index (χ3v) is 5.28. The highest BCUT2D eigenvalue weighted by Crippen LogP contribution is 2.23. The third-order valence-electron chi connectivity index (χ3n) is 3.20. The molecule has 1 aliphatic carbocycles. The standard InChI is InChI=1S/C11H24N2O2S/c1-10(6-5-9-12)13-16(14,15)11-7-3-2-4-8-11/h10-11,13H,2-9,12H2,1H3. The van der Waals surface area contributed by atoms with Crippen molar-refractivity contribution in [2.45, 2.75) is 63.2 Å². The Labute approximate surface area is 99.0 Å². The van der Waals surface area contributed by atoms with Crippen molar-refractivity contribution >= 4 is 10.0 Å². The molecule has 0 spiro atoms. The number of hydrogen-bond donors (Lipinski definition) is 2. The van der Waals surface area contributed by atoms with Gasteiger partial charge in [0, 0.05) is 6.04 Å². The normalized spacial score (nSPS) is 20.9. The Morgan fingerprint density at radius 1 is 1.31 bits per heavy atom. The van der Waals surface area contributed by atoms with E-state index in [9.17, 15) is 8.42 Å². The van der Waals surface area contributed by atoms with Crippen LogP contribution in [0.25, 0.3) is 0 Å². The highest BCUT2D eigenvalue weighted by atomic mass is 32.2. The largest absolute Gasteiger partial charge is 0.330 e. The molecule has 4 nitrogen and oxygen atoms in total. The Balaban J connectivity index is 2.43. The van der Waals surface area contributed by atoms with E-state index in [-0.39, 0.29) is 11.3 Å². The summed E-state index contributed by atoms with van der Waals surface area (Å²) in [5.74, 6) is 0. The number of rotatable bonds is 6. The van der Waals surface area contributed by atoms with Crippen LogP contribution in [0.3, 0.4) is 0 Å². The number of hydrogen-bond acceptors (Lipinski definition) is 3. The monoisotopic (exact) mass is 248 g/mol. The van der Waals surface area contributed by atoms with Crippen molar-refractivity contribution in [1.29, 1.82) is 0 Å². The molecule has 0 aromatic carbocycles. The summed E-state index contributed by atoms with van der Waals surface area (Å²) in [6, 6.07) is 0.00970. The smallest absolute Gasteiger partial charge is 0.214 e. The van der Waals surface area contributed by atoms with Crippen LogP contribution in [0.2, 0.25) is 0 Å². The molecule has 0 bridgehead atoms. The topological polar surface area (TPSA) is 72.2 Å². The van der Waals surface area contributed by atoms with Gasteiger partial charge < -0.3 is 5.73 Å². The first-order valence-corrected chi connectivity index (χ1v) is 7.82. The van der Waals surface area contributed by atoms with E-state index in [1.54, 1.807) is 0 Å². The molecule has 16 heavy (non-hydrogen) atoms. The first-order valence-electron chi connectivity index (χ1n) is 6.27. The van der Waals surface area contributed by atoms with E-state index in [1.165, 1.54) is 6.42 Å². The van der Waals surface area contributed by atoms with Crippen LogP contribution in [-0.4, -0.2) is 26.3 Å². The number of sulfonamides is 1. The predicted octanol–water partition coefficient (Wildman–Crippen LogP) is 1.37. The molecule has 0 amide bonds. The van der Waals surface area contributed by atoms with Crippen LogP contribution in [0, 0.1) is 0 Å². The predicted molar refractivity (Wildman–Crippen MR) is 66.7 cm³/mol. The van der Waals surface area contributed by atoms with Gasteiger partial charge in [0.2, 0.25) is 10.0 Å². The lowest BCUT2D eigenvalue weighted by Gasteiger charge is -2.24. The fourth-order valence-corrected chi connectivity index (χ4v) is 4.06. The van der Waals surface area contributed by atoms with Gasteiger partial charge in [0.25, 0.3) is 0 Å². The second-order valence-electron chi connectivity index (χ2n) is 4.75.